The molecule has 1 N–H and O–H groups in total. The van der Waals surface area contributed by atoms with Crippen molar-refractivity contribution in [2.24, 2.45) is 5.41 Å². The van der Waals surface area contributed by atoms with E-state index in [0.29, 0.717) is 31.5 Å². The molecule has 11 heteroatoms. The Bertz CT molecular complexity index is 1580. The van der Waals surface area contributed by atoms with E-state index in [4.69, 9.17) is 4.74 Å². The fraction of sp³-hybridized carbons (Fsp3) is 0.469. The van der Waals surface area contributed by atoms with Crippen molar-refractivity contribution < 1.29 is 27.9 Å². The van der Waals surface area contributed by atoms with E-state index in [9.17, 15) is 23.1 Å². The lowest BCUT2D eigenvalue weighted by Crippen LogP contribution is -2.65. The fourth-order valence-corrected chi connectivity index (χ4v) is 7.97. The highest BCUT2D eigenvalue weighted by Gasteiger charge is 2.50. The summed E-state index contributed by atoms with van der Waals surface area (Å²) in [5.74, 6) is -0.199. The molecule has 0 saturated carbocycles. The number of likely N-dealkylation sites (tertiary alicyclic amines) is 1. The van der Waals surface area contributed by atoms with Crippen LogP contribution in [0.2, 0.25) is 0 Å². The van der Waals surface area contributed by atoms with Crippen LogP contribution in [0.15, 0.2) is 59.5 Å². The number of aromatic nitrogens is 1. The van der Waals surface area contributed by atoms with Gasteiger partial charge in [-0.2, -0.15) is 0 Å². The second kappa shape index (κ2) is 12.6. The maximum absolute atomic E-state index is 13.5. The number of aliphatic hydroxyl groups is 1. The van der Waals surface area contributed by atoms with Crippen LogP contribution in [0, 0.1) is 12.3 Å². The summed E-state index contributed by atoms with van der Waals surface area (Å²) in [6.07, 6.45) is -0.103. The number of ketones is 1. The van der Waals surface area contributed by atoms with E-state index in [1.54, 1.807) is 21.9 Å². The number of amides is 2. The van der Waals surface area contributed by atoms with Crippen LogP contribution in [0.25, 0.3) is 10.9 Å². The summed E-state index contributed by atoms with van der Waals surface area (Å²) >= 11 is 0. The van der Waals surface area contributed by atoms with Gasteiger partial charge in [-0.1, -0.05) is 18.2 Å². The summed E-state index contributed by atoms with van der Waals surface area (Å²) in [5.41, 5.74) is 1.82. The van der Waals surface area contributed by atoms with Crippen molar-refractivity contribution in [1.29, 1.82) is 0 Å². The Balaban J connectivity index is 1.23. The number of Topliss-reactive ketones (excluding diaryl/α,β-unsaturated/α-hetero) is 1. The molecule has 230 valence electrons. The van der Waals surface area contributed by atoms with Crippen LogP contribution < -0.4 is 4.74 Å². The van der Waals surface area contributed by atoms with Gasteiger partial charge in [-0.15, -0.1) is 0 Å². The highest BCUT2D eigenvalue weighted by Crippen LogP contribution is 2.38. The third kappa shape index (κ3) is 7.00. The van der Waals surface area contributed by atoms with E-state index in [-0.39, 0.29) is 36.2 Å². The Hall–Kier alpha value is -3.54. The minimum absolute atomic E-state index is 0.103. The normalized spacial score (nSPS) is 17.2. The van der Waals surface area contributed by atoms with Crippen LogP contribution in [0.4, 0.5) is 4.79 Å². The number of ether oxygens (including phenoxy) is 1. The SMILES string of the molecule is Cc1cc(COc2ccc(S(=O)(=O)CC3(CC(=O)CO)CN(C(=O)N4CCN(C(C)C)CC4)C3)cc2)c2ccccc2n1. The second-order valence-corrected chi connectivity index (χ2v) is 14.1. The molecule has 0 spiro atoms. The number of piperazine rings is 1. The monoisotopic (exact) mass is 608 g/mol. The summed E-state index contributed by atoms with van der Waals surface area (Å²) in [4.78, 5) is 35.8. The number of carbonyl (C=O) groups is 2. The van der Waals surface area contributed by atoms with Crippen molar-refractivity contribution in [3.05, 3.63) is 65.9 Å². The van der Waals surface area contributed by atoms with Gasteiger partial charge in [-0.25, -0.2) is 13.2 Å². The van der Waals surface area contributed by atoms with Crippen LogP contribution in [0.5, 0.6) is 5.75 Å². The third-order valence-electron chi connectivity index (χ3n) is 8.39. The number of rotatable bonds is 10. The molecule has 43 heavy (non-hydrogen) atoms. The fourth-order valence-electron chi connectivity index (χ4n) is 6.16. The predicted molar refractivity (Wildman–Crippen MR) is 164 cm³/mol. The highest BCUT2D eigenvalue weighted by atomic mass is 32.2. The number of aliphatic hydroxyl groups excluding tert-OH is 1. The average Bonchev–Trinajstić information content (AvgIpc) is 2.98. The first-order chi connectivity index (χ1) is 20.5. The molecule has 2 aliphatic heterocycles. The minimum atomic E-state index is -3.80. The van der Waals surface area contributed by atoms with E-state index in [0.717, 1.165) is 35.2 Å². The number of aryl methyl sites for hydroxylation is 1. The summed E-state index contributed by atoms with van der Waals surface area (Å²) in [6, 6.07) is 16.4. The minimum Gasteiger partial charge on any atom is -0.489 e. The molecule has 2 amide bonds. The van der Waals surface area contributed by atoms with Gasteiger partial charge in [0.05, 0.1) is 16.2 Å². The number of carbonyl (C=O) groups excluding carboxylic acids is 2. The molecule has 5 rings (SSSR count). The first-order valence-corrected chi connectivity index (χ1v) is 16.4. The second-order valence-electron chi connectivity index (χ2n) is 12.1. The van der Waals surface area contributed by atoms with Crippen molar-refractivity contribution >= 4 is 32.6 Å². The summed E-state index contributed by atoms with van der Waals surface area (Å²) in [7, 11) is -3.80. The Morgan fingerprint density at radius 3 is 2.33 bits per heavy atom. The number of urea groups is 1. The van der Waals surface area contributed by atoms with E-state index >= 15 is 0 Å². The number of para-hydroxylation sites is 1. The van der Waals surface area contributed by atoms with Crippen molar-refractivity contribution in [2.45, 2.75) is 44.7 Å². The van der Waals surface area contributed by atoms with Crippen LogP contribution in [0.1, 0.15) is 31.5 Å². The number of nitrogens with zero attached hydrogens (tertiary/aromatic N) is 4. The topological polar surface area (TPSA) is 120 Å². The lowest BCUT2D eigenvalue weighted by molar-refractivity contribution is -0.126. The summed E-state index contributed by atoms with van der Waals surface area (Å²) in [6.45, 7) is 8.95. The van der Waals surface area contributed by atoms with Crippen molar-refractivity contribution in [2.75, 3.05) is 51.6 Å². The van der Waals surface area contributed by atoms with Gasteiger partial charge < -0.3 is 19.6 Å². The molecule has 2 aliphatic rings. The molecular formula is C32H40N4O6S. The largest absolute Gasteiger partial charge is 0.489 e. The zero-order chi connectivity index (χ0) is 30.8. The lowest BCUT2D eigenvalue weighted by Gasteiger charge is -2.51. The van der Waals surface area contributed by atoms with E-state index in [1.165, 1.54) is 12.1 Å². The van der Waals surface area contributed by atoms with E-state index in [1.807, 2.05) is 37.3 Å². The molecule has 0 bridgehead atoms. The molecule has 1 aromatic heterocycles. The average molecular weight is 609 g/mol. The van der Waals surface area contributed by atoms with Crippen molar-refractivity contribution in [3.63, 3.8) is 0 Å². The van der Waals surface area contributed by atoms with Crippen molar-refractivity contribution in [3.8, 4) is 5.75 Å². The number of sulfone groups is 1. The Labute approximate surface area is 253 Å². The Kier molecular flexibility index (Phi) is 9.05. The van der Waals surface area contributed by atoms with Gasteiger partial charge in [-0.05, 0) is 57.2 Å². The van der Waals surface area contributed by atoms with Gasteiger partial charge >= 0.3 is 6.03 Å². The van der Waals surface area contributed by atoms with E-state index < -0.39 is 27.6 Å². The van der Waals surface area contributed by atoms with Gasteiger partial charge in [0.15, 0.2) is 15.6 Å². The molecule has 0 radical (unpaired) electrons. The number of pyridine rings is 1. The van der Waals surface area contributed by atoms with Gasteiger partial charge in [-0.3, -0.25) is 14.7 Å². The van der Waals surface area contributed by atoms with Crippen LogP contribution in [-0.4, -0.2) is 103 Å². The van der Waals surface area contributed by atoms with Gasteiger partial charge in [0, 0.05) is 73.8 Å². The number of benzene rings is 2. The summed E-state index contributed by atoms with van der Waals surface area (Å²) < 4.78 is 33.0. The highest BCUT2D eigenvalue weighted by molar-refractivity contribution is 7.91. The maximum atomic E-state index is 13.5. The lowest BCUT2D eigenvalue weighted by atomic mass is 9.77. The van der Waals surface area contributed by atoms with Gasteiger partial charge in [0.2, 0.25) is 0 Å². The molecule has 3 aromatic rings. The number of hydrogen-bond acceptors (Lipinski definition) is 8. The van der Waals surface area contributed by atoms with Gasteiger partial charge in [0.25, 0.3) is 0 Å². The first kappa shape index (κ1) is 30.9. The summed E-state index contributed by atoms with van der Waals surface area (Å²) in [5, 5.41) is 10.4. The molecule has 10 nitrogen and oxygen atoms in total. The molecule has 0 atom stereocenters. The zero-order valence-electron chi connectivity index (χ0n) is 25.0. The Morgan fingerprint density at radius 1 is 1.00 bits per heavy atom. The maximum Gasteiger partial charge on any atom is 0.320 e. The standard InChI is InChI=1S/C32H40N4O6S/c1-23(2)34-12-14-35(15-13-34)31(39)36-20-32(21-36,17-26(38)18-37)22-43(40,41)28-10-8-27(9-11-28)42-19-25-16-24(3)33-30-7-5-4-6-29(25)30/h4-11,16,23,37H,12-15,17-22H2,1-3H3. The predicted octanol–water partition coefficient (Wildman–Crippen LogP) is 3.30. The number of fused-ring (bicyclic) bond motifs is 1. The molecule has 2 fully saturated rings. The zero-order valence-corrected chi connectivity index (χ0v) is 25.8. The van der Waals surface area contributed by atoms with Crippen LogP contribution in [0.3, 0.4) is 0 Å². The molecule has 0 unspecified atom stereocenters. The van der Waals surface area contributed by atoms with Crippen molar-refractivity contribution in [1.82, 2.24) is 19.7 Å². The first-order valence-electron chi connectivity index (χ1n) is 14.7. The quantitative estimate of drug-likeness (QED) is 0.372. The molecule has 2 saturated heterocycles. The van der Waals surface area contributed by atoms with E-state index in [2.05, 4.69) is 23.7 Å². The van der Waals surface area contributed by atoms with Crippen LogP contribution >= 0.6 is 0 Å². The smallest absolute Gasteiger partial charge is 0.320 e. The molecule has 0 aliphatic carbocycles. The number of hydrogen-bond donors (Lipinski definition) is 1. The Morgan fingerprint density at radius 2 is 1.67 bits per heavy atom. The van der Waals surface area contributed by atoms with Crippen LogP contribution in [-0.2, 0) is 21.2 Å². The van der Waals surface area contributed by atoms with Gasteiger partial charge in [0.1, 0.15) is 19.0 Å². The molecule has 3 heterocycles. The molecule has 2 aromatic carbocycles. The molecular weight excluding hydrogens is 568 g/mol. The third-order valence-corrected chi connectivity index (χ3v) is 10.4.